The summed E-state index contributed by atoms with van der Waals surface area (Å²) in [6.07, 6.45) is 5.08. The van der Waals surface area contributed by atoms with Crippen LogP contribution in [0, 0.1) is 5.92 Å². The van der Waals surface area contributed by atoms with Crippen molar-refractivity contribution in [1.29, 1.82) is 0 Å². The molecule has 0 aliphatic rings. The second-order valence-corrected chi connectivity index (χ2v) is 6.89. The third kappa shape index (κ3) is 2.94. The zero-order valence-corrected chi connectivity index (χ0v) is 14.8. The molecule has 2 aromatic heterocycles. The van der Waals surface area contributed by atoms with Crippen LogP contribution >= 0.6 is 0 Å². The minimum atomic E-state index is 0.0394. The number of fused-ring (bicyclic) bond motifs is 1. The maximum atomic E-state index is 13.0. The second kappa shape index (κ2) is 6.64. The summed E-state index contributed by atoms with van der Waals surface area (Å²) in [5.74, 6) is 1.08. The van der Waals surface area contributed by atoms with Gasteiger partial charge in [0.25, 0.3) is 5.56 Å². The lowest BCUT2D eigenvalue weighted by Crippen LogP contribution is -2.22. The van der Waals surface area contributed by atoms with E-state index in [1.807, 2.05) is 47.2 Å². The molecule has 0 aliphatic carbocycles. The zero-order chi connectivity index (χ0) is 18.1. The predicted molar refractivity (Wildman–Crippen MR) is 104 cm³/mol. The molecule has 0 fully saturated rings. The molecule has 2 aromatic carbocycles. The SMILES string of the molecule is CC(C)Cn1cc(-c2ccccc2)c2cc(-c3cnco3)ccc2c1=O. The first kappa shape index (κ1) is 16.3. The zero-order valence-electron chi connectivity index (χ0n) is 14.8. The highest BCUT2D eigenvalue weighted by Gasteiger charge is 2.13. The number of hydrogen-bond acceptors (Lipinski definition) is 3. The van der Waals surface area contributed by atoms with Crippen molar-refractivity contribution in [1.82, 2.24) is 9.55 Å². The van der Waals surface area contributed by atoms with Crippen LogP contribution in [0.5, 0.6) is 0 Å². The summed E-state index contributed by atoms with van der Waals surface area (Å²) in [5.41, 5.74) is 3.08. The number of benzene rings is 2. The normalized spacial score (nSPS) is 11.3. The topological polar surface area (TPSA) is 48.0 Å². The van der Waals surface area contributed by atoms with Crippen molar-refractivity contribution in [3.8, 4) is 22.5 Å². The van der Waals surface area contributed by atoms with Gasteiger partial charge in [-0.2, -0.15) is 0 Å². The van der Waals surface area contributed by atoms with Crippen LogP contribution in [-0.2, 0) is 6.54 Å². The summed E-state index contributed by atoms with van der Waals surface area (Å²) < 4.78 is 7.25. The lowest BCUT2D eigenvalue weighted by molar-refractivity contribution is 0.514. The highest BCUT2D eigenvalue weighted by atomic mass is 16.3. The van der Waals surface area contributed by atoms with Crippen molar-refractivity contribution >= 4 is 10.8 Å². The number of hydrogen-bond donors (Lipinski definition) is 0. The average Bonchev–Trinajstić information content (AvgIpc) is 3.19. The van der Waals surface area contributed by atoms with E-state index in [0.717, 1.165) is 27.5 Å². The van der Waals surface area contributed by atoms with Gasteiger partial charge in [-0.05, 0) is 29.0 Å². The van der Waals surface area contributed by atoms with Crippen molar-refractivity contribution in [2.24, 2.45) is 5.92 Å². The van der Waals surface area contributed by atoms with Crippen molar-refractivity contribution in [3.05, 3.63) is 77.7 Å². The summed E-state index contributed by atoms with van der Waals surface area (Å²) in [6.45, 7) is 4.93. The third-order valence-electron chi connectivity index (χ3n) is 4.45. The Morgan fingerprint density at radius 3 is 2.54 bits per heavy atom. The summed E-state index contributed by atoms with van der Waals surface area (Å²) in [6, 6.07) is 16.0. The Morgan fingerprint density at radius 2 is 1.85 bits per heavy atom. The predicted octanol–water partition coefficient (Wildman–Crippen LogP) is 4.98. The molecule has 26 heavy (non-hydrogen) atoms. The molecular weight excluding hydrogens is 324 g/mol. The maximum absolute atomic E-state index is 13.0. The van der Waals surface area contributed by atoms with Crippen LogP contribution < -0.4 is 5.56 Å². The molecule has 0 amide bonds. The van der Waals surface area contributed by atoms with Crippen molar-refractivity contribution in [2.75, 3.05) is 0 Å². The highest BCUT2D eigenvalue weighted by Crippen LogP contribution is 2.30. The van der Waals surface area contributed by atoms with E-state index < -0.39 is 0 Å². The van der Waals surface area contributed by atoms with Crippen molar-refractivity contribution in [3.63, 3.8) is 0 Å². The number of nitrogens with zero attached hydrogens (tertiary/aromatic N) is 2. The van der Waals surface area contributed by atoms with Gasteiger partial charge in [0.2, 0.25) is 0 Å². The molecular formula is C22H20N2O2. The Kier molecular flexibility index (Phi) is 4.17. The number of oxazole rings is 1. The molecule has 2 heterocycles. The third-order valence-corrected chi connectivity index (χ3v) is 4.45. The quantitative estimate of drug-likeness (QED) is 0.524. The van der Waals surface area contributed by atoms with Crippen LogP contribution in [0.15, 0.2) is 76.5 Å². The monoisotopic (exact) mass is 344 g/mol. The Balaban J connectivity index is 2.02. The molecule has 0 N–H and O–H groups in total. The minimum Gasteiger partial charge on any atom is -0.444 e. The number of pyridine rings is 1. The van der Waals surface area contributed by atoms with Crippen molar-refractivity contribution in [2.45, 2.75) is 20.4 Å². The van der Waals surface area contributed by atoms with Crippen LogP contribution in [-0.4, -0.2) is 9.55 Å². The Morgan fingerprint density at radius 1 is 1.04 bits per heavy atom. The summed E-state index contributed by atoms with van der Waals surface area (Å²) in [7, 11) is 0. The molecule has 4 nitrogen and oxygen atoms in total. The molecule has 0 aliphatic heterocycles. The number of aromatic nitrogens is 2. The maximum Gasteiger partial charge on any atom is 0.258 e. The molecule has 4 aromatic rings. The van der Waals surface area contributed by atoms with Gasteiger partial charge in [0.1, 0.15) is 0 Å². The summed E-state index contributed by atoms with van der Waals surface area (Å²) >= 11 is 0. The highest BCUT2D eigenvalue weighted by molar-refractivity contribution is 5.97. The first-order valence-corrected chi connectivity index (χ1v) is 8.75. The van der Waals surface area contributed by atoms with Crippen LogP contribution in [0.25, 0.3) is 33.2 Å². The molecule has 130 valence electrons. The Bertz CT molecular complexity index is 1090. The van der Waals surface area contributed by atoms with E-state index in [-0.39, 0.29) is 5.56 Å². The van der Waals surface area contributed by atoms with Gasteiger partial charge in [-0.25, -0.2) is 4.98 Å². The van der Waals surface area contributed by atoms with Gasteiger partial charge in [0, 0.05) is 29.3 Å². The van der Waals surface area contributed by atoms with E-state index in [1.165, 1.54) is 6.39 Å². The van der Waals surface area contributed by atoms with E-state index in [1.54, 1.807) is 6.20 Å². The Labute approximate surface area is 151 Å². The minimum absolute atomic E-state index is 0.0394. The van der Waals surface area contributed by atoms with Crippen LogP contribution in [0.1, 0.15) is 13.8 Å². The van der Waals surface area contributed by atoms with E-state index in [4.69, 9.17) is 4.42 Å². The molecule has 0 saturated heterocycles. The molecule has 4 heteroatoms. The first-order chi connectivity index (χ1) is 12.6. The lowest BCUT2D eigenvalue weighted by Gasteiger charge is -2.15. The fourth-order valence-electron chi connectivity index (χ4n) is 3.28. The van der Waals surface area contributed by atoms with Crippen LogP contribution in [0.3, 0.4) is 0 Å². The first-order valence-electron chi connectivity index (χ1n) is 8.75. The average molecular weight is 344 g/mol. The molecule has 4 rings (SSSR count). The molecule has 0 atom stereocenters. The van der Waals surface area contributed by atoms with Gasteiger partial charge < -0.3 is 8.98 Å². The molecule has 0 unspecified atom stereocenters. The fraction of sp³-hybridized carbons (Fsp3) is 0.182. The van der Waals surface area contributed by atoms with Gasteiger partial charge in [0.05, 0.1) is 6.20 Å². The van der Waals surface area contributed by atoms with Crippen LogP contribution in [0.4, 0.5) is 0 Å². The smallest absolute Gasteiger partial charge is 0.258 e. The molecule has 0 bridgehead atoms. The second-order valence-electron chi connectivity index (χ2n) is 6.89. The van der Waals surface area contributed by atoms with E-state index in [0.29, 0.717) is 18.2 Å². The standard InChI is InChI=1S/C22H20N2O2/c1-15(2)12-24-13-20(16-6-4-3-5-7-16)19-10-17(21-11-23-14-26-21)8-9-18(19)22(24)25/h3-11,13-15H,12H2,1-2H3. The van der Waals surface area contributed by atoms with Gasteiger partial charge in [-0.15, -0.1) is 0 Å². The molecule has 0 radical (unpaired) electrons. The largest absolute Gasteiger partial charge is 0.444 e. The fourth-order valence-corrected chi connectivity index (χ4v) is 3.28. The van der Waals surface area contributed by atoms with Crippen LogP contribution in [0.2, 0.25) is 0 Å². The van der Waals surface area contributed by atoms with Gasteiger partial charge in [0.15, 0.2) is 12.2 Å². The van der Waals surface area contributed by atoms with E-state index >= 15 is 0 Å². The van der Waals surface area contributed by atoms with E-state index in [9.17, 15) is 4.79 Å². The van der Waals surface area contributed by atoms with E-state index in [2.05, 4.69) is 31.0 Å². The Hall–Kier alpha value is -3.14. The summed E-state index contributed by atoms with van der Waals surface area (Å²) in [4.78, 5) is 17.0. The lowest BCUT2D eigenvalue weighted by atomic mass is 9.98. The van der Waals surface area contributed by atoms with Gasteiger partial charge in [-0.3, -0.25) is 4.79 Å². The number of rotatable bonds is 4. The van der Waals surface area contributed by atoms with Crippen molar-refractivity contribution < 1.29 is 4.42 Å². The molecule has 0 saturated carbocycles. The summed E-state index contributed by atoms with van der Waals surface area (Å²) in [5, 5.41) is 1.64. The van der Waals surface area contributed by atoms with Gasteiger partial charge in [-0.1, -0.05) is 50.2 Å². The van der Waals surface area contributed by atoms with Gasteiger partial charge >= 0.3 is 0 Å². The molecule has 0 spiro atoms.